The van der Waals surface area contributed by atoms with Crippen LogP contribution in [0.25, 0.3) is 16.9 Å². The van der Waals surface area contributed by atoms with Crippen molar-refractivity contribution in [3.05, 3.63) is 54.4 Å². The van der Waals surface area contributed by atoms with Crippen LogP contribution in [0.1, 0.15) is 5.56 Å². The van der Waals surface area contributed by atoms with Gasteiger partial charge in [0.1, 0.15) is 22.0 Å². The van der Waals surface area contributed by atoms with Gasteiger partial charge >= 0.3 is 12.2 Å². The number of rotatable bonds is 12. The maximum Gasteiger partial charge on any atom is 0.405 e. The number of anilines is 1. The minimum atomic E-state index is -4.49. The van der Waals surface area contributed by atoms with Gasteiger partial charge < -0.3 is 20.4 Å². The number of imidazole rings is 1. The van der Waals surface area contributed by atoms with Crippen molar-refractivity contribution in [1.82, 2.24) is 25.1 Å². The molecule has 2 aromatic heterocycles. The van der Waals surface area contributed by atoms with Crippen molar-refractivity contribution >= 4 is 27.2 Å². The van der Waals surface area contributed by atoms with E-state index >= 15 is 0 Å². The molecule has 14 heteroatoms. The fraction of sp³-hybridized carbons (Fsp3) is 0.391. The molecule has 3 rings (SSSR count). The smallest absolute Gasteiger partial charge is 0.329 e. The van der Waals surface area contributed by atoms with E-state index < -0.39 is 28.6 Å². The summed E-state index contributed by atoms with van der Waals surface area (Å²) in [4.78, 5) is 23.5. The standard InChI is InChI=1S/C23H29F3N6O4S/c1-31(9-11-37(2,34)35)8-10-36-29-14-17-6-7-32-20(15-27-21(32)12-17)18-4-3-5-19(13-18)30-22(33)28-16-23(24,25)26/h3-7,12-13,15,29H,8-11,14,16H2,1-2H3,(H2,28,30,33). The first-order valence-electron chi connectivity index (χ1n) is 11.3. The van der Waals surface area contributed by atoms with E-state index in [1.54, 1.807) is 35.8 Å². The predicted octanol–water partition coefficient (Wildman–Crippen LogP) is 2.68. The number of hydrogen-bond acceptors (Lipinski definition) is 7. The monoisotopic (exact) mass is 542 g/mol. The zero-order valence-electron chi connectivity index (χ0n) is 20.4. The number of hydroxylamine groups is 1. The average molecular weight is 543 g/mol. The number of likely N-dealkylation sites (N-methyl/N-ethyl adjacent to an activating group) is 1. The van der Waals surface area contributed by atoms with E-state index in [2.05, 4.69) is 15.8 Å². The first-order chi connectivity index (χ1) is 17.4. The number of urea groups is 1. The number of fused-ring (bicyclic) bond motifs is 1. The molecule has 2 amide bonds. The lowest BCUT2D eigenvalue weighted by Gasteiger charge is -2.15. The van der Waals surface area contributed by atoms with Crippen molar-refractivity contribution in [2.75, 3.05) is 50.6 Å². The molecule has 0 spiro atoms. The Kier molecular flexibility index (Phi) is 9.48. The van der Waals surface area contributed by atoms with Gasteiger partial charge in [0, 0.05) is 43.3 Å². The van der Waals surface area contributed by atoms with Gasteiger partial charge in [0.25, 0.3) is 0 Å². The van der Waals surface area contributed by atoms with Crippen molar-refractivity contribution in [1.29, 1.82) is 0 Å². The molecule has 0 radical (unpaired) electrons. The summed E-state index contributed by atoms with van der Waals surface area (Å²) in [5.41, 5.74) is 6.28. The van der Waals surface area contributed by atoms with Crippen LogP contribution in [0.3, 0.4) is 0 Å². The molecular formula is C23H29F3N6O4S. The fourth-order valence-corrected chi connectivity index (χ4v) is 3.94. The van der Waals surface area contributed by atoms with E-state index in [-0.39, 0.29) is 5.75 Å². The van der Waals surface area contributed by atoms with Gasteiger partial charge in [-0.3, -0.25) is 4.40 Å². The van der Waals surface area contributed by atoms with E-state index in [9.17, 15) is 26.4 Å². The number of carbonyl (C=O) groups is 1. The van der Waals surface area contributed by atoms with Crippen LogP contribution in [-0.4, -0.2) is 80.2 Å². The van der Waals surface area contributed by atoms with E-state index in [0.29, 0.717) is 37.6 Å². The maximum absolute atomic E-state index is 12.3. The second-order valence-electron chi connectivity index (χ2n) is 8.51. The molecule has 0 unspecified atom stereocenters. The van der Waals surface area contributed by atoms with Gasteiger partial charge in [-0.05, 0) is 36.9 Å². The van der Waals surface area contributed by atoms with Crippen LogP contribution in [0.2, 0.25) is 0 Å². The van der Waals surface area contributed by atoms with Crippen molar-refractivity contribution in [2.45, 2.75) is 12.7 Å². The number of alkyl halides is 3. The molecule has 3 N–H and O–H groups in total. The molecule has 0 saturated carbocycles. The number of hydrogen-bond donors (Lipinski definition) is 3. The Balaban J connectivity index is 1.53. The second-order valence-corrected chi connectivity index (χ2v) is 10.8. The van der Waals surface area contributed by atoms with E-state index in [0.717, 1.165) is 16.8 Å². The summed E-state index contributed by atoms with van der Waals surface area (Å²) in [6.45, 7) is 0.400. The van der Waals surface area contributed by atoms with Gasteiger partial charge in [-0.2, -0.15) is 18.7 Å². The summed E-state index contributed by atoms with van der Waals surface area (Å²) in [6, 6.07) is 9.53. The fourth-order valence-electron chi connectivity index (χ4n) is 3.30. The summed E-state index contributed by atoms with van der Waals surface area (Å²) < 4.78 is 61.2. The first-order valence-corrected chi connectivity index (χ1v) is 13.3. The van der Waals surface area contributed by atoms with Gasteiger partial charge in [0.05, 0.1) is 24.3 Å². The highest BCUT2D eigenvalue weighted by Crippen LogP contribution is 2.24. The second kappa shape index (κ2) is 12.4. The molecule has 3 aromatic rings. The SMILES string of the molecule is CN(CCONCc1ccn2c(-c3cccc(NC(=O)NCC(F)(F)F)c3)cnc2c1)CCS(C)(=O)=O. The summed E-state index contributed by atoms with van der Waals surface area (Å²) in [5, 5.41) is 4.17. The molecule has 0 fully saturated rings. The summed E-state index contributed by atoms with van der Waals surface area (Å²) in [5.74, 6) is 0.0986. The van der Waals surface area contributed by atoms with Crippen molar-refractivity contribution in [3.63, 3.8) is 0 Å². The Hall–Kier alpha value is -3.20. The Labute approximate surface area is 212 Å². The van der Waals surface area contributed by atoms with Gasteiger partial charge in [-0.1, -0.05) is 12.1 Å². The Morgan fingerprint density at radius 3 is 2.70 bits per heavy atom. The van der Waals surface area contributed by atoms with Crippen LogP contribution in [0.4, 0.5) is 23.7 Å². The Morgan fingerprint density at radius 1 is 1.19 bits per heavy atom. The van der Waals surface area contributed by atoms with E-state index in [1.807, 2.05) is 34.7 Å². The number of sulfone groups is 1. The minimum absolute atomic E-state index is 0.0986. The van der Waals surface area contributed by atoms with Gasteiger partial charge in [-0.15, -0.1) is 0 Å². The van der Waals surface area contributed by atoms with Crippen molar-refractivity contribution in [2.24, 2.45) is 0 Å². The molecule has 2 heterocycles. The highest BCUT2D eigenvalue weighted by Gasteiger charge is 2.27. The summed E-state index contributed by atoms with van der Waals surface area (Å²) >= 11 is 0. The molecule has 0 saturated heterocycles. The maximum atomic E-state index is 12.3. The number of amides is 2. The summed E-state index contributed by atoms with van der Waals surface area (Å²) in [6.07, 6.45) is 0.218. The van der Waals surface area contributed by atoms with Crippen LogP contribution in [0, 0.1) is 0 Å². The molecule has 10 nitrogen and oxygen atoms in total. The largest absolute Gasteiger partial charge is 0.405 e. The third kappa shape index (κ3) is 9.64. The Bertz CT molecular complexity index is 1310. The third-order valence-electron chi connectivity index (χ3n) is 5.24. The zero-order chi connectivity index (χ0) is 27.1. The number of pyridine rings is 1. The van der Waals surface area contributed by atoms with Gasteiger partial charge in [0.15, 0.2) is 0 Å². The van der Waals surface area contributed by atoms with Gasteiger partial charge in [0.2, 0.25) is 0 Å². The molecule has 202 valence electrons. The Morgan fingerprint density at radius 2 is 1.97 bits per heavy atom. The topological polar surface area (TPSA) is 117 Å². The van der Waals surface area contributed by atoms with Crippen LogP contribution in [-0.2, 0) is 21.2 Å². The average Bonchev–Trinajstić information content (AvgIpc) is 3.24. The lowest BCUT2D eigenvalue weighted by molar-refractivity contribution is -0.122. The van der Waals surface area contributed by atoms with Crippen LogP contribution in [0.5, 0.6) is 0 Å². The number of carbonyl (C=O) groups excluding carboxylic acids is 1. The number of nitrogens with zero attached hydrogens (tertiary/aromatic N) is 3. The predicted molar refractivity (Wildman–Crippen MR) is 134 cm³/mol. The molecule has 0 aliphatic rings. The van der Waals surface area contributed by atoms with E-state index in [1.165, 1.54) is 6.26 Å². The molecular weight excluding hydrogens is 513 g/mol. The highest BCUT2D eigenvalue weighted by molar-refractivity contribution is 7.90. The number of halogens is 3. The quantitative estimate of drug-likeness (QED) is 0.238. The highest BCUT2D eigenvalue weighted by atomic mass is 32.2. The zero-order valence-corrected chi connectivity index (χ0v) is 21.2. The molecule has 1 aromatic carbocycles. The lowest BCUT2D eigenvalue weighted by atomic mass is 10.1. The molecule has 0 bridgehead atoms. The van der Waals surface area contributed by atoms with E-state index in [4.69, 9.17) is 4.84 Å². The van der Waals surface area contributed by atoms with Crippen LogP contribution < -0.4 is 16.1 Å². The van der Waals surface area contributed by atoms with Crippen LogP contribution >= 0.6 is 0 Å². The van der Waals surface area contributed by atoms with Gasteiger partial charge in [-0.25, -0.2) is 18.2 Å². The number of nitrogens with one attached hydrogen (secondary N) is 3. The molecule has 0 aliphatic carbocycles. The van der Waals surface area contributed by atoms with Crippen molar-refractivity contribution < 1.29 is 31.2 Å². The summed E-state index contributed by atoms with van der Waals surface area (Å²) in [7, 11) is -1.17. The minimum Gasteiger partial charge on any atom is -0.329 e. The number of benzene rings is 1. The third-order valence-corrected chi connectivity index (χ3v) is 6.16. The van der Waals surface area contributed by atoms with Crippen molar-refractivity contribution in [3.8, 4) is 11.3 Å². The normalized spacial score (nSPS) is 12.3. The lowest BCUT2D eigenvalue weighted by Crippen LogP contribution is -2.36. The molecule has 0 atom stereocenters. The number of aromatic nitrogens is 2. The first kappa shape index (κ1) is 28.4. The molecule has 37 heavy (non-hydrogen) atoms. The molecule has 0 aliphatic heterocycles. The van der Waals surface area contributed by atoms with Crippen LogP contribution in [0.15, 0.2) is 48.8 Å².